The lowest BCUT2D eigenvalue weighted by Gasteiger charge is -2.32. The number of likely N-dealkylation sites (tertiary alicyclic amines) is 1. The largest absolute Gasteiger partial charge is 0.508 e. The molecule has 0 saturated carbocycles. The molecule has 27 heteroatoms. The molecular formula is C47H75N13O14. The number of nitrogens with one attached hydrogen (secondary N) is 7. The standard InChI is InChI=1S/C47H75N13O14/c1-7-24(6)38(46(73)58-37(23(4)5)45(72)53-27(39(52)66)14-16-33(48)63)59-43(70)32-9-8-18-60(32)47(74)30(19-25-10-12-26(62)13-11-25)56-41(68)29(20-35(50)65)55-40(67)28(15-17-34(49)64)54-42(69)31(21-61)57-44(71)36(51)22(2)3/h10-13,22-24,27-32,36-38,61-62H,7-9,14-21,51H2,1-6H3,(H2,48,63)(H2,49,64)(H2,50,65)(H2,52,66)(H,53,72)(H,54,69)(H,55,67)(H,56,68)(H,57,71)(H,58,73)(H,59,70)/t24-,27-,28-,29-,30-,31-,32-,36-,37-,38-/m0/s1. The van der Waals surface area contributed by atoms with E-state index in [2.05, 4.69) is 37.2 Å². The molecule has 1 aromatic rings. The Labute approximate surface area is 428 Å². The van der Waals surface area contributed by atoms with Gasteiger partial charge in [-0.2, -0.15) is 0 Å². The number of primary amides is 4. The maximum atomic E-state index is 14.7. The number of phenolic OH excluding ortho intramolecular Hbond substituents is 1. The van der Waals surface area contributed by atoms with E-state index >= 15 is 0 Å². The fourth-order valence-electron chi connectivity index (χ4n) is 7.68. The minimum atomic E-state index is -1.83. The number of hydrogen-bond acceptors (Lipinski definition) is 15. The summed E-state index contributed by atoms with van der Waals surface area (Å²) >= 11 is 0. The third-order valence-electron chi connectivity index (χ3n) is 12.4. The molecule has 412 valence electrons. The number of carbonyl (C=O) groups excluding carboxylic acids is 12. The molecule has 19 N–H and O–H groups in total. The zero-order chi connectivity index (χ0) is 56.1. The summed E-state index contributed by atoms with van der Waals surface area (Å²) in [6.07, 6.45) is -1.75. The van der Waals surface area contributed by atoms with E-state index in [0.29, 0.717) is 18.4 Å². The summed E-state index contributed by atoms with van der Waals surface area (Å²) in [6.45, 7) is 9.02. The summed E-state index contributed by atoms with van der Waals surface area (Å²) in [5.41, 5.74) is 27.7. The third kappa shape index (κ3) is 19.9. The zero-order valence-electron chi connectivity index (χ0n) is 42.6. The molecule has 27 nitrogen and oxygen atoms in total. The highest BCUT2D eigenvalue weighted by Crippen LogP contribution is 2.22. The molecule has 0 unspecified atom stereocenters. The van der Waals surface area contributed by atoms with Crippen molar-refractivity contribution in [1.82, 2.24) is 42.1 Å². The first-order chi connectivity index (χ1) is 34.6. The molecule has 2 rings (SSSR count). The van der Waals surface area contributed by atoms with Gasteiger partial charge in [-0.1, -0.05) is 60.1 Å². The lowest BCUT2D eigenvalue weighted by atomic mass is 9.95. The number of aliphatic hydroxyl groups excluding tert-OH is 1. The van der Waals surface area contributed by atoms with Crippen molar-refractivity contribution < 1.29 is 67.7 Å². The summed E-state index contributed by atoms with van der Waals surface area (Å²) in [5, 5.41) is 37.1. The van der Waals surface area contributed by atoms with Crippen LogP contribution in [0.4, 0.5) is 0 Å². The summed E-state index contributed by atoms with van der Waals surface area (Å²) in [5.74, 6) is -12.5. The van der Waals surface area contributed by atoms with Crippen molar-refractivity contribution in [2.24, 2.45) is 46.4 Å². The van der Waals surface area contributed by atoms with Gasteiger partial charge in [0, 0.05) is 25.8 Å². The lowest BCUT2D eigenvalue weighted by Crippen LogP contribution is -2.61. The van der Waals surface area contributed by atoms with Gasteiger partial charge in [-0.15, -0.1) is 0 Å². The van der Waals surface area contributed by atoms with Crippen LogP contribution in [-0.4, -0.2) is 154 Å². The van der Waals surface area contributed by atoms with Crippen LogP contribution in [0.3, 0.4) is 0 Å². The monoisotopic (exact) mass is 1050 g/mol. The van der Waals surface area contributed by atoms with Crippen LogP contribution in [0.1, 0.15) is 98.5 Å². The lowest BCUT2D eigenvalue weighted by molar-refractivity contribution is -0.143. The van der Waals surface area contributed by atoms with Crippen LogP contribution in [0.2, 0.25) is 0 Å². The molecule has 1 saturated heterocycles. The van der Waals surface area contributed by atoms with Crippen molar-refractivity contribution in [3.8, 4) is 5.75 Å². The van der Waals surface area contributed by atoms with Gasteiger partial charge in [-0.05, 0) is 61.1 Å². The van der Waals surface area contributed by atoms with E-state index < -0.39 is 163 Å². The van der Waals surface area contributed by atoms with Gasteiger partial charge in [0.05, 0.1) is 19.1 Å². The number of carbonyl (C=O) groups is 12. The Kier molecular flexibility index (Phi) is 25.4. The maximum absolute atomic E-state index is 14.7. The van der Waals surface area contributed by atoms with Gasteiger partial charge in [-0.3, -0.25) is 57.5 Å². The zero-order valence-corrected chi connectivity index (χ0v) is 42.6. The van der Waals surface area contributed by atoms with Crippen LogP contribution in [-0.2, 0) is 64.0 Å². The highest BCUT2D eigenvalue weighted by atomic mass is 16.3. The second-order valence-corrected chi connectivity index (χ2v) is 19.0. The number of hydrogen-bond donors (Lipinski definition) is 14. The van der Waals surface area contributed by atoms with E-state index in [9.17, 15) is 67.7 Å². The number of amides is 12. The fourth-order valence-corrected chi connectivity index (χ4v) is 7.68. The van der Waals surface area contributed by atoms with Gasteiger partial charge < -0.3 is 81.0 Å². The molecule has 74 heavy (non-hydrogen) atoms. The van der Waals surface area contributed by atoms with Crippen LogP contribution in [0.25, 0.3) is 0 Å². The summed E-state index contributed by atoms with van der Waals surface area (Å²) in [7, 11) is 0. The topological polar surface area (TPSA) is 463 Å². The van der Waals surface area contributed by atoms with E-state index in [1.165, 1.54) is 29.2 Å². The van der Waals surface area contributed by atoms with Crippen molar-refractivity contribution in [1.29, 1.82) is 0 Å². The predicted molar refractivity (Wildman–Crippen MR) is 264 cm³/mol. The highest BCUT2D eigenvalue weighted by molar-refractivity contribution is 5.99. The highest BCUT2D eigenvalue weighted by Gasteiger charge is 2.41. The third-order valence-corrected chi connectivity index (χ3v) is 12.4. The van der Waals surface area contributed by atoms with Crippen molar-refractivity contribution in [3.63, 3.8) is 0 Å². The van der Waals surface area contributed by atoms with Crippen LogP contribution >= 0.6 is 0 Å². The van der Waals surface area contributed by atoms with E-state index in [1.54, 1.807) is 41.5 Å². The number of phenols is 1. The van der Waals surface area contributed by atoms with Gasteiger partial charge >= 0.3 is 0 Å². The normalized spacial score (nSPS) is 16.9. The number of rotatable bonds is 31. The van der Waals surface area contributed by atoms with Crippen LogP contribution in [0.15, 0.2) is 24.3 Å². The Morgan fingerprint density at radius 3 is 1.62 bits per heavy atom. The summed E-state index contributed by atoms with van der Waals surface area (Å²) in [6, 6.07) is -7.17. The molecule has 10 atom stereocenters. The van der Waals surface area contributed by atoms with Crippen LogP contribution in [0, 0.1) is 17.8 Å². The SMILES string of the molecule is CC[C@H](C)[C@H](NC(=O)[C@@H]1CCCN1C(=O)[C@H](Cc1ccc(O)cc1)NC(=O)[C@H](CC(N)=O)NC(=O)[C@H](CCC(N)=O)NC(=O)[C@H](CO)NC(=O)[C@@H](N)C(C)C)C(=O)N[C@H](C(=O)N[C@@H](CCC(N)=O)C(N)=O)C(C)C. The molecule has 0 spiro atoms. The molecule has 1 aromatic carbocycles. The Morgan fingerprint density at radius 1 is 0.608 bits per heavy atom. The number of benzene rings is 1. The van der Waals surface area contributed by atoms with Crippen molar-refractivity contribution in [3.05, 3.63) is 29.8 Å². The van der Waals surface area contributed by atoms with Gasteiger partial charge in [0.2, 0.25) is 70.9 Å². The number of aromatic hydroxyl groups is 1. The molecule has 1 heterocycles. The van der Waals surface area contributed by atoms with E-state index in [0.717, 1.165) is 0 Å². The summed E-state index contributed by atoms with van der Waals surface area (Å²) in [4.78, 5) is 159. The van der Waals surface area contributed by atoms with Crippen molar-refractivity contribution in [2.45, 2.75) is 154 Å². The van der Waals surface area contributed by atoms with Gasteiger partial charge in [0.15, 0.2) is 0 Å². The number of nitrogens with two attached hydrogens (primary N) is 5. The molecule has 0 bridgehead atoms. The minimum Gasteiger partial charge on any atom is -0.508 e. The molecular weight excluding hydrogens is 971 g/mol. The minimum absolute atomic E-state index is 0.00712. The van der Waals surface area contributed by atoms with Gasteiger partial charge in [0.1, 0.15) is 54.1 Å². The second-order valence-electron chi connectivity index (χ2n) is 19.0. The van der Waals surface area contributed by atoms with Crippen molar-refractivity contribution in [2.75, 3.05) is 13.2 Å². The molecule has 1 aliphatic heterocycles. The second kappa shape index (κ2) is 29.9. The van der Waals surface area contributed by atoms with Gasteiger partial charge in [-0.25, -0.2) is 0 Å². The molecule has 0 radical (unpaired) electrons. The number of aliphatic hydroxyl groups is 1. The average Bonchev–Trinajstić information content (AvgIpc) is 3.83. The molecule has 1 fully saturated rings. The Bertz CT molecular complexity index is 2190. The predicted octanol–water partition coefficient (Wildman–Crippen LogP) is -5.11. The van der Waals surface area contributed by atoms with E-state index in [1.807, 2.05) is 0 Å². The average molecular weight is 1050 g/mol. The van der Waals surface area contributed by atoms with Gasteiger partial charge in [0.25, 0.3) is 0 Å². The first-order valence-corrected chi connectivity index (χ1v) is 24.3. The van der Waals surface area contributed by atoms with Crippen LogP contribution in [0.5, 0.6) is 5.75 Å². The molecule has 0 aromatic heterocycles. The Hall–Kier alpha value is -7.42. The molecule has 0 aliphatic carbocycles. The Morgan fingerprint density at radius 2 is 1.11 bits per heavy atom. The molecule has 12 amide bonds. The van der Waals surface area contributed by atoms with Crippen molar-refractivity contribution >= 4 is 70.9 Å². The quantitative estimate of drug-likeness (QED) is 0.0331. The maximum Gasteiger partial charge on any atom is 0.246 e. The summed E-state index contributed by atoms with van der Waals surface area (Å²) < 4.78 is 0. The molecule has 1 aliphatic rings. The van der Waals surface area contributed by atoms with E-state index in [4.69, 9.17) is 28.7 Å². The fraction of sp³-hybridized carbons (Fsp3) is 0.617. The Balaban J connectivity index is 2.46. The van der Waals surface area contributed by atoms with Crippen LogP contribution < -0.4 is 65.9 Å². The number of nitrogens with zero attached hydrogens (tertiary/aromatic N) is 1. The smallest absolute Gasteiger partial charge is 0.246 e. The van der Waals surface area contributed by atoms with E-state index in [-0.39, 0.29) is 43.9 Å². The first-order valence-electron chi connectivity index (χ1n) is 24.3. The first kappa shape index (κ1) is 62.7.